The SMILES string of the molecule is O=S1(=O)c2ccccc2N[C@@H](c2ccc(Cl)cc2)[C@H]1c1ccccc1. The minimum Gasteiger partial charge on any atom is -0.375 e. The van der Waals surface area contributed by atoms with Crippen LogP contribution in [0.5, 0.6) is 0 Å². The zero-order valence-electron chi connectivity index (χ0n) is 13.3. The number of benzene rings is 3. The molecule has 25 heavy (non-hydrogen) atoms. The van der Waals surface area contributed by atoms with Crippen LogP contribution in [-0.4, -0.2) is 8.42 Å². The summed E-state index contributed by atoms with van der Waals surface area (Å²) < 4.78 is 26.8. The Balaban J connectivity index is 1.93. The lowest BCUT2D eigenvalue weighted by molar-refractivity contribution is 0.562. The summed E-state index contributed by atoms with van der Waals surface area (Å²) in [6, 6.07) is 23.3. The topological polar surface area (TPSA) is 46.2 Å². The van der Waals surface area contributed by atoms with Crippen molar-refractivity contribution in [3.63, 3.8) is 0 Å². The van der Waals surface area contributed by atoms with Crippen molar-refractivity contribution in [2.75, 3.05) is 5.32 Å². The molecule has 5 heteroatoms. The molecule has 0 amide bonds. The molecule has 0 saturated carbocycles. The number of para-hydroxylation sites is 1. The summed E-state index contributed by atoms with van der Waals surface area (Å²) in [5.74, 6) is 0. The van der Waals surface area contributed by atoms with Gasteiger partial charge in [-0.2, -0.15) is 0 Å². The number of rotatable bonds is 2. The van der Waals surface area contributed by atoms with E-state index in [1.165, 1.54) is 0 Å². The molecule has 2 atom stereocenters. The highest BCUT2D eigenvalue weighted by molar-refractivity contribution is 7.92. The predicted octanol–water partition coefficient (Wildman–Crippen LogP) is 5.02. The largest absolute Gasteiger partial charge is 0.375 e. The minimum atomic E-state index is -3.54. The van der Waals surface area contributed by atoms with E-state index in [0.717, 1.165) is 11.1 Å². The molecule has 0 aromatic heterocycles. The number of hydrogen-bond donors (Lipinski definition) is 1. The number of hydrogen-bond acceptors (Lipinski definition) is 3. The molecule has 3 nitrogen and oxygen atoms in total. The van der Waals surface area contributed by atoms with Crippen molar-refractivity contribution in [3.8, 4) is 0 Å². The maximum atomic E-state index is 13.4. The first-order valence-corrected chi connectivity index (χ1v) is 9.90. The number of fused-ring (bicyclic) bond motifs is 1. The van der Waals surface area contributed by atoms with E-state index >= 15 is 0 Å². The van der Waals surface area contributed by atoms with Crippen LogP contribution in [0.4, 0.5) is 5.69 Å². The van der Waals surface area contributed by atoms with Gasteiger partial charge >= 0.3 is 0 Å². The Bertz CT molecular complexity index is 1000. The predicted molar refractivity (Wildman–Crippen MR) is 101 cm³/mol. The smallest absolute Gasteiger partial charge is 0.189 e. The molecular formula is C20H16ClNO2S. The number of nitrogens with one attached hydrogen (secondary N) is 1. The molecule has 1 N–H and O–H groups in total. The molecule has 3 aromatic carbocycles. The molecule has 0 radical (unpaired) electrons. The number of anilines is 1. The van der Waals surface area contributed by atoms with Gasteiger partial charge in [0.25, 0.3) is 0 Å². The molecule has 4 rings (SSSR count). The van der Waals surface area contributed by atoms with E-state index in [1.807, 2.05) is 48.5 Å². The first-order valence-electron chi connectivity index (χ1n) is 7.97. The van der Waals surface area contributed by atoms with E-state index in [4.69, 9.17) is 11.6 Å². The molecule has 0 unspecified atom stereocenters. The van der Waals surface area contributed by atoms with Gasteiger partial charge in [0.2, 0.25) is 0 Å². The summed E-state index contributed by atoms with van der Waals surface area (Å²) in [5.41, 5.74) is 2.29. The molecule has 0 bridgehead atoms. The van der Waals surface area contributed by atoms with Crippen LogP contribution in [-0.2, 0) is 9.84 Å². The zero-order chi connectivity index (χ0) is 17.4. The fraction of sp³-hybridized carbons (Fsp3) is 0.100. The van der Waals surface area contributed by atoms with Gasteiger partial charge in [-0.1, -0.05) is 66.2 Å². The highest BCUT2D eigenvalue weighted by atomic mass is 35.5. The van der Waals surface area contributed by atoms with Gasteiger partial charge in [0.15, 0.2) is 9.84 Å². The monoisotopic (exact) mass is 369 g/mol. The van der Waals surface area contributed by atoms with Crippen LogP contribution in [0, 0.1) is 0 Å². The molecule has 3 aromatic rings. The molecule has 1 heterocycles. The lowest BCUT2D eigenvalue weighted by Gasteiger charge is -2.35. The van der Waals surface area contributed by atoms with Crippen LogP contribution in [0.15, 0.2) is 83.8 Å². The highest BCUT2D eigenvalue weighted by Crippen LogP contribution is 2.47. The quantitative estimate of drug-likeness (QED) is 0.689. The van der Waals surface area contributed by atoms with Crippen molar-refractivity contribution in [1.82, 2.24) is 0 Å². The summed E-state index contributed by atoms with van der Waals surface area (Å²) in [4.78, 5) is 0.342. The van der Waals surface area contributed by atoms with E-state index in [1.54, 1.807) is 30.3 Å². The van der Waals surface area contributed by atoms with Gasteiger partial charge in [-0.05, 0) is 35.4 Å². The fourth-order valence-corrected chi connectivity index (χ4v) is 5.54. The second-order valence-corrected chi connectivity index (χ2v) is 8.52. The molecule has 0 saturated heterocycles. The Morgan fingerprint density at radius 2 is 1.40 bits per heavy atom. The van der Waals surface area contributed by atoms with Gasteiger partial charge in [0.05, 0.1) is 16.6 Å². The molecule has 1 aliphatic heterocycles. The fourth-order valence-electron chi connectivity index (χ4n) is 3.34. The summed E-state index contributed by atoms with van der Waals surface area (Å²) in [6.07, 6.45) is 0. The lowest BCUT2D eigenvalue weighted by atomic mass is 9.97. The van der Waals surface area contributed by atoms with Crippen LogP contribution in [0.25, 0.3) is 0 Å². The first kappa shape index (κ1) is 16.2. The van der Waals surface area contributed by atoms with Crippen LogP contribution < -0.4 is 5.32 Å². The summed E-state index contributed by atoms with van der Waals surface area (Å²) in [5, 5.41) is 3.33. The molecule has 1 aliphatic rings. The van der Waals surface area contributed by atoms with E-state index in [0.29, 0.717) is 15.6 Å². The van der Waals surface area contributed by atoms with Crippen LogP contribution in [0.1, 0.15) is 22.4 Å². The van der Waals surface area contributed by atoms with Gasteiger partial charge in [0, 0.05) is 5.02 Å². The van der Waals surface area contributed by atoms with Crippen LogP contribution in [0.3, 0.4) is 0 Å². The van der Waals surface area contributed by atoms with Crippen molar-refractivity contribution < 1.29 is 8.42 Å². The summed E-state index contributed by atoms with van der Waals surface area (Å²) >= 11 is 6.00. The van der Waals surface area contributed by atoms with Gasteiger partial charge in [-0.25, -0.2) is 8.42 Å². The summed E-state index contributed by atoms with van der Waals surface area (Å²) in [6.45, 7) is 0. The number of halogens is 1. The van der Waals surface area contributed by atoms with Gasteiger partial charge in [-0.3, -0.25) is 0 Å². The molecule has 0 spiro atoms. The zero-order valence-corrected chi connectivity index (χ0v) is 14.8. The molecule has 0 fully saturated rings. The van der Waals surface area contributed by atoms with Gasteiger partial charge in [-0.15, -0.1) is 0 Å². The average molecular weight is 370 g/mol. The van der Waals surface area contributed by atoms with Crippen molar-refractivity contribution in [1.29, 1.82) is 0 Å². The second-order valence-electron chi connectivity index (χ2n) is 6.05. The van der Waals surface area contributed by atoms with Crippen molar-refractivity contribution in [3.05, 3.63) is 95.0 Å². The van der Waals surface area contributed by atoms with Crippen molar-refractivity contribution >= 4 is 27.1 Å². The molecule has 0 aliphatic carbocycles. The Morgan fingerprint density at radius 3 is 2.12 bits per heavy atom. The third-order valence-corrected chi connectivity index (χ3v) is 6.93. The molecule has 126 valence electrons. The van der Waals surface area contributed by atoms with E-state index in [2.05, 4.69) is 5.32 Å². The second kappa shape index (κ2) is 6.21. The maximum Gasteiger partial charge on any atom is 0.189 e. The Labute approximate surface area is 152 Å². The minimum absolute atomic E-state index is 0.342. The Morgan fingerprint density at radius 1 is 0.760 bits per heavy atom. The lowest BCUT2D eigenvalue weighted by Crippen LogP contribution is -2.31. The van der Waals surface area contributed by atoms with E-state index in [9.17, 15) is 8.42 Å². The first-order chi connectivity index (χ1) is 12.1. The van der Waals surface area contributed by atoms with Crippen molar-refractivity contribution in [2.45, 2.75) is 16.2 Å². The highest BCUT2D eigenvalue weighted by Gasteiger charge is 2.42. The Hall–Kier alpha value is -2.30. The third-order valence-electron chi connectivity index (χ3n) is 4.50. The van der Waals surface area contributed by atoms with E-state index < -0.39 is 15.1 Å². The average Bonchev–Trinajstić information content (AvgIpc) is 2.62. The van der Waals surface area contributed by atoms with Gasteiger partial charge in [0.1, 0.15) is 5.25 Å². The normalized spacial score (nSPS) is 21.2. The summed E-state index contributed by atoms with van der Waals surface area (Å²) in [7, 11) is -3.54. The maximum absolute atomic E-state index is 13.4. The van der Waals surface area contributed by atoms with Crippen molar-refractivity contribution in [2.24, 2.45) is 0 Å². The molecular weight excluding hydrogens is 354 g/mol. The van der Waals surface area contributed by atoms with E-state index in [-0.39, 0.29) is 6.04 Å². The Kier molecular flexibility index (Phi) is 4.02. The van der Waals surface area contributed by atoms with Gasteiger partial charge < -0.3 is 5.32 Å². The number of sulfone groups is 1. The van der Waals surface area contributed by atoms with Crippen LogP contribution >= 0.6 is 11.6 Å². The standard InChI is InChI=1S/C20H16ClNO2S/c21-16-12-10-14(11-13-16)19-20(15-6-2-1-3-7-15)25(23,24)18-9-5-4-8-17(18)22-19/h1-13,19-20,22H/t19-,20+/m0/s1. The van der Waals surface area contributed by atoms with Crippen LogP contribution in [0.2, 0.25) is 5.02 Å². The third kappa shape index (κ3) is 2.81.